The lowest BCUT2D eigenvalue weighted by Crippen LogP contribution is -2.58. The van der Waals surface area contributed by atoms with Crippen LogP contribution in [0.3, 0.4) is 0 Å². The molecule has 1 saturated heterocycles. The van der Waals surface area contributed by atoms with Gasteiger partial charge in [-0.05, 0) is 63.6 Å². The summed E-state index contributed by atoms with van der Waals surface area (Å²) < 4.78 is 67.4. The van der Waals surface area contributed by atoms with Gasteiger partial charge < -0.3 is 20.3 Å². The highest BCUT2D eigenvalue weighted by Gasteiger charge is 2.32. The molecular formula is C31H36F2N8O4S. The van der Waals surface area contributed by atoms with Crippen molar-refractivity contribution in [3.05, 3.63) is 65.7 Å². The third-order valence-electron chi connectivity index (χ3n) is 7.88. The number of benzene rings is 2. The fourth-order valence-electron chi connectivity index (χ4n) is 6.13. The van der Waals surface area contributed by atoms with Crippen LogP contribution in [0.1, 0.15) is 39.1 Å². The van der Waals surface area contributed by atoms with E-state index in [2.05, 4.69) is 57.4 Å². The molecule has 2 aromatic heterocycles. The molecule has 4 aromatic rings. The molecule has 2 aromatic carbocycles. The zero-order valence-corrected chi connectivity index (χ0v) is 26.9. The van der Waals surface area contributed by atoms with E-state index in [0.717, 1.165) is 31.4 Å². The van der Waals surface area contributed by atoms with E-state index >= 15 is 0 Å². The zero-order valence-electron chi connectivity index (χ0n) is 26.1. The van der Waals surface area contributed by atoms with E-state index < -0.39 is 26.6 Å². The lowest BCUT2D eigenvalue weighted by molar-refractivity contribution is 0.0102. The van der Waals surface area contributed by atoms with Gasteiger partial charge in [-0.3, -0.25) is 14.5 Å². The smallest absolute Gasteiger partial charge is 0.264 e. The molecule has 0 bridgehead atoms. The quantitative estimate of drug-likeness (QED) is 0.160. The minimum absolute atomic E-state index is 0.0847. The molecule has 0 saturated carbocycles. The number of ether oxygens (including phenoxy) is 1. The van der Waals surface area contributed by atoms with Gasteiger partial charge in [0.1, 0.15) is 22.2 Å². The zero-order chi connectivity index (χ0) is 33.3. The van der Waals surface area contributed by atoms with E-state index in [1.807, 2.05) is 0 Å². The maximum Gasteiger partial charge on any atom is 0.264 e. The molecule has 12 nitrogen and oxygen atoms in total. The number of halogens is 2. The van der Waals surface area contributed by atoms with Crippen LogP contribution in [0.15, 0.2) is 51.9 Å². The van der Waals surface area contributed by atoms with E-state index in [0.29, 0.717) is 58.9 Å². The Balaban J connectivity index is 1.45. The second-order valence-electron chi connectivity index (χ2n) is 11.6. The molecule has 2 unspecified atom stereocenters. The number of hydrogen-bond acceptors (Lipinski definition) is 11. The summed E-state index contributed by atoms with van der Waals surface area (Å²) in [5.74, 6) is -1.67. The van der Waals surface area contributed by atoms with Crippen LogP contribution < -0.4 is 15.2 Å². The lowest BCUT2D eigenvalue weighted by atomic mass is 9.98. The SMILES string of the molecule is COc1ncc(-c2cc(N)c(C=N)c(-c3nnc(CN4CC(C)N(C(C)C)C(C)C4)o3)c2)cc1NS(=O)(=O)c1ccc(F)cc1F. The molecule has 0 radical (unpaired) electrons. The minimum Gasteiger partial charge on any atom is -0.480 e. The predicted molar refractivity (Wildman–Crippen MR) is 170 cm³/mol. The van der Waals surface area contributed by atoms with Gasteiger partial charge in [0.05, 0.1) is 19.2 Å². The molecule has 1 aliphatic heterocycles. The van der Waals surface area contributed by atoms with Gasteiger partial charge in [-0.2, -0.15) is 0 Å². The monoisotopic (exact) mass is 654 g/mol. The van der Waals surface area contributed by atoms with Crippen LogP contribution >= 0.6 is 0 Å². The maximum atomic E-state index is 14.3. The third-order valence-corrected chi connectivity index (χ3v) is 9.28. The van der Waals surface area contributed by atoms with Crippen molar-refractivity contribution < 1.29 is 26.4 Å². The van der Waals surface area contributed by atoms with Crippen LogP contribution in [-0.4, -0.2) is 77.9 Å². The Morgan fingerprint density at radius 1 is 1.13 bits per heavy atom. The van der Waals surface area contributed by atoms with Crippen LogP contribution in [0.25, 0.3) is 22.6 Å². The summed E-state index contributed by atoms with van der Waals surface area (Å²) in [5, 5.41) is 16.5. The number of pyridine rings is 1. The summed E-state index contributed by atoms with van der Waals surface area (Å²) in [7, 11) is -3.19. The van der Waals surface area contributed by atoms with Crippen molar-refractivity contribution in [2.75, 3.05) is 30.7 Å². The Kier molecular flexibility index (Phi) is 9.37. The van der Waals surface area contributed by atoms with Gasteiger partial charge in [-0.25, -0.2) is 22.2 Å². The first-order valence-electron chi connectivity index (χ1n) is 14.6. The number of nitrogen functional groups attached to an aromatic ring is 1. The molecular weight excluding hydrogens is 618 g/mol. The van der Waals surface area contributed by atoms with Crippen LogP contribution in [0.2, 0.25) is 0 Å². The topological polar surface area (TPSA) is 164 Å². The van der Waals surface area contributed by atoms with Gasteiger partial charge >= 0.3 is 0 Å². The molecule has 0 spiro atoms. The number of anilines is 2. The highest BCUT2D eigenvalue weighted by Crippen LogP contribution is 2.36. The first kappa shape index (κ1) is 32.9. The Morgan fingerprint density at radius 2 is 1.85 bits per heavy atom. The number of rotatable bonds is 10. The number of hydrogen-bond donors (Lipinski definition) is 3. The van der Waals surface area contributed by atoms with E-state index in [9.17, 15) is 17.2 Å². The molecule has 1 aliphatic rings. The van der Waals surface area contributed by atoms with E-state index in [-0.39, 0.29) is 23.1 Å². The molecule has 46 heavy (non-hydrogen) atoms. The Labute approximate surface area is 266 Å². The third kappa shape index (κ3) is 6.71. The number of sulfonamides is 1. The van der Waals surface area contributed by atoms with Crippen molar-refractivity contribution in [3.8, 4) is 28.5 Å². The van der Waals surface area contributed by atoms with Crippen molar-refractivity contribution >= 4 is 27.6 Å². The van der Waals surface area contributed by atoms with Crippen molar-refractivity contribution in [1.29, 1.82) is 5.41 Å². The highest BCUT2D eigenvalue weighted by molar-refractivity contribution is 7.92. The van der Waals surface area contributed by atoms with Crippen molar-refractivity contribution in [2.24, 2.45) is 0 Å². The largest absolute Gasteiger partial charge is 0.480 e. The first-order valence-corrected chi connectivity index (χ1v) is 16.1. The second-order valence-corrected chi connectivity index (χ2v) is 13.2. The summed E-state index contributed by atoms with van der Waals surface area (Å²) in [6, 6.07) is 8.01. The average molecular weight is 655 g/mol. The standard InChI is InChI=1S/C31H36F2N8O4S/c1-17(2)41-18(3)14-40(15-19(41)4)16-29-37-38-30(45-29)23-8-20(9-26(35)24(23)12-34)21-10-27(31(44-5)36-13-21)39-46(42,43)28-7-6-22(32)11-25(28)33/h6-13,17-19,34,39H,14-16,35H2,1-5H3. The fraction of sp³-hybridized carbons (Fsp3) is 0.355. The summed E-state index contributed by atoms with van der Waals surface area (Å²) in [6.07, 6.45) is 2.53. The van der Waals surface area contributed by atoms with Gasteiger partial charge in [0.2, 0.25) is 17.7 Å². The molecule has 1 fully saturated rings. The molecule has 15 heteroatoms. The van der Waals surface area contributed by atoms with E-state index in [4.69, 9.17) is 20.3 Å². The summed E-state index contributed by atoms with van der Waals surface area (Å²) in [5.41, 5.74) is 8.16. The second kappa shape index (κ2) is 13.1. The highest BCUT2D eigenvalue weighted by atomic mass is 32.2. The predicted octanol–water partition coefficient (Wildman–Crippen LogP) is 4.77. The van der Waals surface area contributed by atoms with Crippen LogP contribution in [0.5, 0.6) is 5.88 Å². The Bertz CT molecular complexity index is 1860. The summed E-state index contributed by atoms with van der Waals surface area (Å²) in [4.78, 5) is 8.23. The van der Waals surface area contributed by atoms with Gasteiger partial charge in [0.25, 0.3) is 10.0 Å². The Hall–Kier alpha value is -4.47. The van der Waals surface area contributed by atoms with Crippen molar-refractivity contribution in [1.82, 2.24) is 25.0 Å². The molecule has 4 N–H and O–H groups in total. The fourth-order valence-corrected chi connectivity index (χ4v) is 7.24. The first-order chi connectivity index (χ1) is 21.8. The normalized spacial score (nSPS) is 17.7. The van der Waals surface area contributed by atoms with Crippen molar-refractivity contribution in [2.45, 2.75) is 57.3 Å². The number of methoxy groups -OCH3 is 1. The summed E-state index contributed by atoms with van der Waals surface area (Å²) in [6.45, 7) is 11.0. The van der Waals surface area contributed by atoms with Gasteiger partial charge in [0, 0.05) is 66.5 Å². The molecule has 244 valence electrons. The Morgan fingerprint density at radius 3 is 2.48 bits per heavy atom. The molecule has 3 heterocycles. The lowest BCUT2D eigenvalue weighted by Gasteiger charge is -2.46. The molecule has 0 amide bonds. The van der Waals surface area contributed by atoms with Crippen molar-refractivity contribution in [3.63, 3.8) is 0 Å². The number of piperazine rings is 1. The maximum absolute atomic E-state index is 14.3. The average Bonchev–Trinajstić information content (AvgIpc) is 3.44. The number of nitrogens with two attached hydrogens (primary N) is 1. The van der Waals surface area contributed by atoms with Crippen LogP contribution in [0, 0.1) is 17.0 Å². The number of nitrogens with one attached hydrogen (secondary N) is 2. The number of aromatic nitrogens is 3. The number of nitrogens with zero attached hydrogens (tertiary/aromatic N) is 5. The molecule has 0 aliphatic carbocycles. The molecule has 2 atom stereocenters. The summed E-state index contributed by atoms with van der Waals surface area (Å²) >= 11 is 0. The van der Waals surface area contributed by atoms with Gasteiger partial charge in [-0.15, -0.1) is 10.2 Å². The minimum atomic E-state index is -4.49. The van der Waals surface area contributed by atoms with Gasteiger partial charge in [0.15, 0.2) is 0 Å². The van der Waals surface area contributed by atoms with Gasteiger partial charge in [-0.1, -0.05) is 0 Å². The van der Waals surface area contributed by atoms with E-state index in [1.165, 1.54) is 19.4 Å². The molecule has 5 rings (SSSR count). The van der Waals surface area contributed by atoms with Crippen LogP contribution in [-0.2, 0) is 16.6 Å². The van der Waals surface area contributed by atoms with E-state index in [1.54, 1.807) is 12.1 Å². The van der Waals surface area contributed by atoms with Crippen LogP contribution in [0.4, 0.5) is 20.2 Å².